The lowest BCUT2D eigenvalue weighted by Gasteiger charge is -2.10. The predicted molar refractivity (Wildman–Crippen MR) is 71.2 cm³/mol. The Morgan fingerprint density at radius 2 is 1.89 bits per heavy atom. The van der Waals surface area contributed by atoms with Gasteiger partial charge < -0.3 is 10.8 Å². The Labute approximate surface area is 113 Å². The minimum absolute atomic E-state index is 0. The van der Waals surface area contributed by atoms with Gasteiger partial charge in [-0.15, -0.1) is 12.4 Å². The lowest BCUT2D eigenvalue weighted by atomic mass is 10.2. The van der Waals surface area contributed by atoms with E-state index in [9.17, 15) is 13.5 Å². The first-order valence-electron chi connectivity index (χ1n) is 5.30. The van der Waals surface area contributed by atoms with E-state index in [4.69, 9.17) is 9.92 Å². The maximum Gasteiger partial charge on any atom is 0.297 e. The van der Waals surface area contributed by atoms with Crippen LogP contribution < -0.4 is 5.73 Å². The molecule has 0 spiro atoms. The molecule has 0 aliphatic heterocycles. The third kappa shape index (κ3) is 5.32. The molecule has 0 aliphatic rings. The van der Waals surface area contributed by atoms with Crippen molar-refractivity contribution in [3.05, 3.63) is 29.8 Å². The summed E-state index contributed by atoms with van der Waals surface area (Å²) in [6.07, 6.45) is -0.552. The summed E-state index contributed by atoms with van der Waals surface area (Å²) in [4.78, 5) is 0.0862. The largest absolute Gasteiger partial charge is 0.391 e. The van der Waals surface area contributed by atoms with Crippen LogP contribution in [-0.4, -0.2) is 32.8 Å². The molecule has 0 amide bonds. The molecule has 1 aromatic rings. The van der Waals surface area contributed by atoms with Crippen molar-refractivity contribution in [3.63, 3.8) is 0 Å². The number of benzene rings is 1. The number of aliphatic hydroxyl groups excluding tert-OH is 1. The van der Waals surface area contributed by atoms with Crippen LogP contribution in [0.25, 0.3) is 0 Å². The van der Waals surface area contributed by atoms with Crippen molar-refractivity contribution in [2.75, 3.05) is 13.2 Å². The molecule has 0 radical (unpaired) electrons. The van der Waals surface area contributed by atoms with Crippen molar-refractivity contribution < 1.29 is 17.7 Å². The fourth-order valence-electron chi connectivity index (χ4n) is 1.22. The molecule has 0 aromatic heterocycles. The highest BCUT2D eigenvalue weighted by Crippen LogP contribution is 2.13. The molecule has 5 nitrogen and oxygen atoms in total. The van der Waals surface area contributed by atoms with E-state index < -0.39 is 16.2 Å². The van der Waals surface area contributed by atoms with E-state index in [1.54, 1.807) is 12.1 Å². The van der Waals surface area contributed by atoms with E-state index in [0.29, 0.717) is 6.42 Å². The second-order valence-corrected chi connectivity index (χ2v) is 5.40. The maximum atomic E-state index is 11.7. The van der Waals surface area contributed by atoms with E-state index >= 15 is 0 Å². The molecule has 0 bridgehead atoms. The van der Waals surface area contributed by atoms with Crippen LogP contribution in [0.4, 0.5) is 0 Å². The molecule has 0 aliphatic carbocycles. The Hall–Kier alpha value is -0.660. The molecule has 104 valence electrons. The summed E-state index contributed by atoms with van der Waals surface area (Å²) in [7, 11) is -3.79. The second kappa shape index (κ2) is 7.70. The summed E-state index contributed by atoms with van der Waals surface area (Å²) < 4.78 is 28.1. The highest BCUT2D eigenvalue weighted by atomic mass is 35.5. The van der Waals surface area contributed by atoms with Gasteiger partial charge in [0.25, 0.3) is 10.1 Å². The fourth-order valence-corrected chi connectivity index (χ4v) is 2.16. The molecule has 3 N–H and O–H groups in total. The van der Waals surface area contributed by atoms with E-state index in [1.165, 1.54) is 12.1 Å². The highest BCUT2D eigenvalue weighted by Gasteiger charge is 2.16. The monoisotopic (exact) mass is 295 g/mol. The number of nitrogens with two attached hydrogens (primary N) is 1. The van der Waals surface area contributed by atoms with Gasteiger partial charge in [0.2, 0.25) is 0 Å². The predicted octanol–water partition coefficient (Wildman–Crippen LogP) is 0.832. The third-order valence-corrected chi connectivity index (χ3v) is 3.52. The van der Waals surface area contributed by atoms with Crippen molar-refractivity contribution in [2.45, 2.75) is 24.3 Å². The Balaban J connectivity index is 0.00000289. The van der Waals surface area contributed by atoms with Crippen molar-refractivity contribution in [2.24, 2.45) is 5.73 Å². The van der Waals surface area contributed by atoms with Gasteiger partial charge in [-0.25, -0.2) is 0 Å². The van der Waals surface area contributed by atoms with Crippen LogP contribution >= 0.6 is 12.4 Å². The van der Waals surface area contributed by atoms with Crippen LogP contribution in [-0.2, 0) is 14.3 Å². The van der Waals surface area contributed by atoms with Crippen LogP contribution in [0.2, 0.25) is 0 Å². The fraction of sp³-hybridized carbons (Fsp3) is 0.455. The van der Waals surface area contributed by atoms with Crippen molar-refractivity contribution in [1.82, 2.24) is 0 Å². The molecular weight excluding hydrogens is 278 g/mol. The maximum absolute atomic E-state index is 11.7. The van der Waals surface area contributed by atoms with Gasteiger partial charge in [0.05, 0.1) is 17.6 Å². The zero-order valence-electron chi connectivity index (χ0n) is 10.1. The normalized spacial score (nSPS) is 12.8. The van der Waals surface area contributed by atoms with Crippen LogP contribution in [0.1, 0.15) is 12.0 Å². The van der Waals surface area contributed by atoms with Gasteiger partial charge in [-0.1, -0.05) is 17.7 Å². The van der Waals surface area contributed by atoms with Crippen LogP contribution in [0.15, 0.2) is 29.2 Å². The molecule has 1 rings (SSSR count). The number of halogens is 1. The van der Waals surface area contributed by atoms with Gasteiger partial charge in [0.1, 0.15) is 0 Å². The summed E-state index contributed by atoms with van der Waals surface area (Å²) in [6, 6.07) is 6.32. The van der Waals surface area contributed by atoms with Crippen LogP contribution in [0, 0.1) is 6.92 Å². The van der Waals surface area contributed by atoms with Crippen molar-refractivity contribution in [1.29, 1.82) is 0 Å². The molecule has 0 saturated carbocycles. The summed E-state index contributed by atoms with van der Waals surface area (Å²) in [5.41, 5.74) is 6.20. The van der Waals surface area contributed by atoms with E-state index in [0.717, 1.165) is 5.56 Å². The molecule has 1 atom stereocenters. The molecular formula is C11H18ClNO4S. The van der Waals surface area contributed by atoms with Gasteiger partial charge in [-0.3, -0.25) is 4.18 Å². The second-order valence-electron chi connectivity index (χ2n) is 3.78. The van der Waals surface area contributed by atoms with Gasteiger partial charge >= 0.3 is 0 Å². The quantitative estimate of drug-likeness (QED) is 0.759. The summed E-state index contributed by atoms with van der Waals surface area (Å²) in [6.45, 7) is 1.88. The molecule has 18 heavy (non-hydrogen) atoms. The average Bonchev–Trinajstić information content (AvgIpc) is 2.28. The van der Waals surface area contributed by atoms with Gasteiger partial charge in [-0.05, 0) is 32.0 Å². The number of aryl methyl sites for hydroxylation is 1. The number of hydrogen-bond acceptors (Lipinski definition) is 5. The number of rotatable bonds is 6. The van der Waals surface area contributed by atoms with Crippen LogP contribution in [0.5, 0.6) is 0 Å². The van der Waals surface area contributed by atoms with E-state index in [2.05, 4.69) is 0 Å². The van der Waals surface area contributed by atoms with Crippen LogP contribution in [0.3, 0.4) is 0 Å². The Kier molecular flexibility index (Phi) is 7.42. The molecule has 0 unspecified atom stereocenters. The molecule has 1 aromatic carbocycles. The Morgan fingerprint density at radius 1 is 1.33 bits per heavy atom. The highest BCUT2D eigenvalue weighted by molar-refractivity contribution is 7.86. The van der Waals surface area contributed by atoms with E-state index in [-0.39, 0.29) is 30.5 Å². The Morgan fingerprint density at radius 3 is 2.39 bits per heavy atom. The summed E-state index contributed by atoms with van der Waals surface area (Å²) >= 11 is 0. The lowest BCUT2D eigenvalue weighted by molar-refractivity contribution is 0.105. The third-order valence-electron chi connectivity index (χ3n) is 2.23. The first-order valence-corrected chi connectivity index (χ1v) is 6.71. The topological polar surface area (TPSA) is 89.6 Å². The summed E-state index contributed by atoms with van der Waals surface area (Å²) in [5, 5.41) is 9.33. The average molecular weight is 296 g/mol. The number of aliphatic hydroxyl groups is 1. The SMILES string of the molecule is Cc1ccc(S(=O)(=O)OC[C@H](O)CCN)cc1.Cl. The number of hydrogen-bond donors (Lipinski definition) is 2. The minimum atomic E-state index is -3.79. The van der Waals surface area contributed by atoms with Crippen molar-refractivity contribution >= 4 is 22.5 Å². The minimum Gasteiger partial charge on any atom is -0.391 e. The van der Waals surface area contributed by atoms with Gasteiger partial charge in [-0.2, -0.15) is 8.42 Å². The molecule has 0 heterocycles. The zero-order chi connectivity index (χ0) is 12.9. The van der Waals surface area contributed by atoms with Gasteiger partial charge in [0.15, 0.2) is 0 Å². The first kappa shape index (κ1) is 17.3. The Bertz CT molecular complexity index is 447. The summed E-state index contributed by atoms with van der Waals surface area (Å²) in [5.74, 6) is 0. The van der Waals surface area contributed by atoms with Gasteiger partial charge in [0, 0.05) is 0 Å². The molecule has 7 heteroatoms. The standard InChI is InChI=1S/C11H17NO4S.ClH/c1-9-2-4-11(5-3-9)17(14,15)16-8-10(13)6-7-12;/h2-5,10,13H,6-8,12H2,1H3;1H/t10-;/m1./s1. The molecule has 0 saturated heterocycles. The lowest BCUT2D eigenvalue weighted by Crippen LogP contribution is -2.21. The zero-order valence-corrected chi connectivity index (χ0v) is 11.7. The smallest absolute Gasteiger partial charge is 0.297 e. The molecule has 0 fully saturated rings. The van der Waals surface area contributed by atoms with E-state index in [1.807, 2.05) is 6.92 Å². The van der Waals surface area contributed by atoms with Crippen molar-refractivity contribution in [3.8, 4) is 0 Å². The first-order chi connectivity index (χ1) is 7.95.